The van der Waals surface area contributed by atoms with E-state index in [1.165, 1.54) is 0 Å². The first-order valence-corrected chi connectivity index (χ1v) is 6.37. The van der Waals surface area contributed by atoms with Crippen molar-refractivity contribution in [3.63, 3.8) is 0 Å². The van der Waals surface area contributed by atoms with Crippen molar-refractivity contribution in [3.05, 3.63) is 48.0 Å². The van der Waals surface area contributed by atoms with Crippen molar-refractivity contribution >= 4 is 5.97 Å². The standard InChI is InChI=1S/C15H19NO2/c1-2-8-16-9-6-12(7-10-16)13-4-3-5-14(11-13)15(17)18/h2-5,11-12H,1,6-10H2,(H,17,18). The Balaban J connectivity index is 2.03. The molecule has 3 heteroatoms. The van der Waals surface area contributed by atoms with E-state index in [0.717, 1.165) is 38.0 Å². The van der Waals surface area contributed by atoms with Crippen LogP contribution in [0, 0.1) is 0 Å². The van der Waals surface area contributed by atoms with Gasteiger partial charge in [0.1, 0.15) is 0 Å². The van der Waals surface area contributed by atoms with Gasteiger partial charge in [-0.3, -0.25) is 4.90 Å². The van der Waals surface area contributed by atoms with E-state index < -0.39 is 5.97 Å². The normalized spacial score (nSPS) is 17.6. The Morgan fingerprint density at radius 2 is 2.17 bits per heavy atom. The average molecular weight is 245 g/mol. The molecule has 3 nitrogen and oxygen atoms in total. The maximum Gasteiger partial charge on any atom is 0.335 e. The number of hydrogen-bond donors (Lipinski definition) is 1. The summed E-state index contributed by atoms with van der Waals surface area (Å²) in [6, 6.07) is 7.35. The highest BCUT2D eigenvalue weighted by atomic mass is 16.4. The van der Waals surface area contributed by atoms with E-state index in [0.29, 0.717) is 11.5 Å². The highest BCUT2D eigenvalue weighted by molar-refractivity contribution is 5.87. The number of aromatic carboxylic acids is 1. The molecule has 0 unspecified atom stereocenters. The highest BCUT2D eigenvalue weighted by Crippen LogP contribution is 2.28. The molecule has 96 valence electrons. The minimum absolute atomic E-state index is 0.390. The largest absolute Gasteiger partial charge is 0.478 e. The Kier molecular flexibility index (Phi) is 4.15. The van der Waals surface area contributed by atoms with Crippen molar-refractivity contribution in [2.24, 2.45) is 0 Å². The van der Waals surface area contributed by atoms with Gasteiger partial charge in [0.25, 0.3) is 0 Å². The van der Waals surface area contributed by atoms with Crippen molar-refractivity contribution in [1.29, 1.82) is 0 Å². The van der Waals surface area contributed by atoms with Gasteiger partial charge in [0.05, 0.1) is 5.56 Å². The van der Waals surface area contributed by atoms with Crippen LogP contribution in [-0.4, -0.2) is 35.6 Å². The second-order valence-electron chi connectivity index (χ2n) is 4.79. The molecule has 1 aromatic carbocycles. The molecule has 0 spiro atoms. The van der Waals surface area contributed by atoms with E-state index in [-0.39, 0.29) is 0 Å². The summed E-state index contributed by atoms with van der Waals surface area (Å²) in [7, 11) is 0. The smallest absolute Gasteiger partial charge is 0.335 e. The molecule has 1 aliphatic rings. The second-order valence-corrected chi connectivity index (χ2v) is 4.79. The molecule has 1 heterocycles. The lowest BCUT2D eigenvalue weighted by Gasteiger charge is -2.31. The van der Waals surface area contributed by atoms with Gasteiger partial charge in [-0.1, -0.05) is 18.2 Å². The third-order valence-corrected chi connectivity index (χ3v) is 3.58. The van der Waals surface area contributed by atoms with Crippen LogP contribution in [0.2, 0.25) is 0 Å². The van der Waals surface area contributed by atoms with Gasteiger partial charge < -0.3 is 5.11 Å². The fraction of sp³-hybridized carbons (Fsp3) is 0.400. The lowest BCUT2D eigenvalue weighted by atomic mass is 9.88. The zero-order chi connectivity index (χ0) is 13.0. The summed E-state index contributed by atoms with van der Waals surface area (Å²) < 4.78 is 0. The number of piperidine rings is 1. The Bertz CT molecular complexity index is 434. The van der Waals surface area contributed by atoms with E-state index in [9.17, 15) is 4.79 Å². The number of carbonyl (C=O) groups is 1. The summed E-state index contributed by atoms with van der Waals surface area (Å²) in [5, 5.41) is 9.00. The SMILES string of the molecule is C=CCN1CCC(c2cccc(C(=O)O)c2)CC1. The monoisotopic (exact) mass is 245 g/mol. The van der Waals surface area contributed by atoms with Crippen LogP contribution in [0.5, 0.6) is 0 Å². The molecule has 0 atom stereocenters. The Morgan fingerprint density at radius 3 is 2.78 bits per heavy atom. The Morgan fingerprint density at radius 1 is 1.44 bits per heavy atom. The van der Waals surface area contributed by atoms with E-state index >= 15 is 0 Å². The fourth-order valence-corrected chi connectivity index (χ4v) is 2.56. The molecule has 0 saturated carbocycles. The van der Waals surface area contributed by atoms with Crippen molar-refractivity contribution in [2.75, 3.05) is 19.6 Å². The van der Waals surface area contributed by atoms with Crippen molar-refractivity contribution < 1.29 is 9.90 Å². The minimum atomic E-state index is -0.846. The molecule has 0 bridgehead atoms. The van der Waals surface area contributed by atoms with Gasteiger partial charge in [-0.05, 0) is 49.5 Å². The minimum Gasteiger partial charge on any atom is -0.478 e. The maximum atomic E-state index is 11.0. The quantitative estimate of drug-likeness (QED) is 0.829. The third-order valence-electron chi connectivity index (χ3n) is 3.58. The number of carboxylic acids is 1. The lowest BCUT2D eigenvalue weighted by Crippen LogP contribution is -2.32. The molecule has 1 fully saturated rings. The van der Waals surface area contributed by atoms with Crippen LogP contribution < -0.4 is 0 Å². The highest BCUT2D eigenvalue weighted by Gasteiger charge is 2.20. The maximum absolute atomic E-state index is 11.0. The number of hydrogen-bond acceptors (Lipinski definition) is 2. The van der Waals surface area contributed by atoms with E-state index in [1.807, 2.05) is 24.3 Å². The second kappa shape index (κ2) is 5.83. The lowest BCUT2D eigenvalue weighted by molar-refractivity contribution is 0.0696. The summed E-state index contributed by atoms with van der Waals surface area (Å²) in [5.41, 5.74) is 1.55. The van der Waals surface area contributed by atoms with E-state index in [4.69, 9.17) is 5.11 Å². The predicted molar refractivity (Wildman–Crippen MR) is 72.0 cm³/mol. The summed E-state index contributed by atoms with van der Waals surface area (Å²) >= 11 is 0. The van der Waals surface area contributed by atoms with Crippen LogP contribution in [0.4, 0.5) is 0 Å². The summed E-state index contributed by atoms with van der Waals surface area (Å²) in [6.45, 7) is 6.83. The van der Waals surface area contributed by atoms with Crippen molar-refractivity contribution in [3.8, 4) is 0 Å². The zero-order valence-electron chi connectivity index (χ0n) is 10.5. The van der Waals surface area contributed by atoms with Crippen LogP contribution >= 0.6 is 0 Å². The van der Waals surface area contributed by atoms with Gasteiger partial charge in [0.2, 0.25) is 0 Å². The molecule has 2 rings (SSSR count). The molecule has 1 aliphatic heterocycles. The molecule has 1 N–H and O–H groups in total. The van der Waals surface area contributed by atoms with Gasteiger partial charge in [0.15, 0.2) is 0 Å². The topological polar surface area (TPSA) is 40.5 Å². The Labute approximate surface area is 108 Å². The first-order valence-electron chi connectivity index (χ1n) is 6.37. The number of rotatable bonds is 4. The van der Waals surface area contributed by atoms with Crippen LogP contribution in [0.15, 0.2) is 36.9 Å². The molecule has 0 radical (unpaired) electrons. The molecule has 1 saturated heterocycles. The molecule has 0 aliphatic carbocycles. The van der Waals surface area contributed by atoms with E-state index in [1.54, 1.807) is 6.07 Å². The molecular weight excluding hydrogens is 226 g/mol. The third kappa shape index (κ3) is 2.99. The number of nitrogens with zero attached hydrogens (tertiary/aromatic N) is 1. The van der Waals surface area contributed by atoms with E-state index in [2.05, 4.69) is 11.5 Å². The van der Waals surface area contributed by atoms with Gasteiger partial charge in [-0.15, -0.1) is 6.58 Å². The number of benzene rings is 1. The van der Waals surface area contributed by atoms with Crippen LogP contribution in [0.1, 0.15) is 34.7 Å². The van der Waals surface area contributed by atoms with Crippen LogP contribution in [0.3, 0.4) is 0 Å². The first kappa shape index (κ1) is 12.8. The molecule has 18 heavy (non-hydrogen) atoms. The first-order chi connectivity index (χ1) is 8.70. The molecular formula is C15H19NO2. The van der Waals surface area contributed by atoms with Gasteiger partial charge in [-0.2, -0.15) is 0 Å². The van der Waals surface area contributed by atoms with Gasteiger partial charge in [-0.25, -0.2) is 4.79 Å². The summed E-state index contributed by atoms with van der Waals surface area (Å²) in [4.78, 5) is 13.3. The van der Waals surface area contributed by atoms with Crippen molar-refractivity contribution in [1.82, 2.24) is 4.90 Å². The fourth-order valence-electron chi connectivity index (χ4n) is 2.56. The summed E-state index contributed by atoms with van der Waals surface area (Å²) in [5.74, 6) is -0.355. The predicted octanol–water partition coefficient (Wildman–Crippen LogP) is 2.75. The van der Waals surface area contributed by atoms with Crippen LogP contribution in [0.25, 0.3) is 0 Å². The average Bonchev–Trinajstić information content (AvgIpc) is 2.40. The molecule has 0 amide bonds. The van der Waals surface area contributed by atoms with Gasteiger partial charge >= 0.3 is 5.97 Å². The molecule has 1 aromatic rings. The van der Waals surface area contributed by atoms with Crippen molar-refractivity contribution in [2.45, 2.75) is 18.8 Å². The summed E-state index contributed by atoms with van der Waals surface area (Å²) in [6.07, 6.45) is 4.12. The van der Waals surface area contributed by atoms with Crippen LogP contribution in [-0.2, 0) is 0 Å². The molecule has 0 aromatic heterocycles. The zero-order valence-corrected chi connectivity index (χ0v) is 10.5. The number of carboxylic acid groups (broad SMARTS) is 1. The Hall–Kier alpha value is -1.61. The van der Waals surface area contributed by atoms with Gasteiger partial charge in [0, 0.05) is 6.54 Å². The number of likely N-dealkylation sites (tertiary alicyclic amines) is 1.